The van der Waals surface area contributed by atoms with Crippen molar-refractivity contribution < 1.29 is 29.6 Å². The fourth-order valence-corrected chi connectivity index (χ4v) is 3.32. The van der Waals surface area contributed by atoms with Crippen LogP contribution in [0.15, 0.2) is 28.9 Å². The number of benzene rings is 1. The minimum absolute atomic E-state index is 0. The van der Waals surface area contributed by atoms with Gasteiger partial charge in [-0.05, 0) is 69.8 Å². The van der Waals surface area contributed by atoms with Crippen molar-refractivity contribution in [3.05, 3.63) is 24.0 Å². The van der Waals surface area contributed by atoms with Gasteiger partial charge >= 0.3 is 29.6 Å². The summed E-state index contributed by atoms with van der Waals surface area (Å²) in [7, 11) is 0. The van der Waals surface area contributed by atoms with Gasteiger partial charge in [-0.25, -0.2) is 0 Å². The van der Waals surface area contributed by atoms with Crippen molar-refractivity contribution in [2.24, 2.45) is 0 Å². The van der Waals surface area contributed by atoms with Crippen LogP contribution in [-0.4, -0.2) is 0 Å². The fourth-order valence-electron chi connectivity index (χ4n) is 0.557. The molecule has 12 heavy (non-hydrogen) atoms. The molecular weight excluding hydrogens is 447 g/mol. The summed E-state index contributed by atoms with van der Waals surface area (Å²) in [5, 5.41) is 0. The average molecular weight is 449 g/mol. The minimum Gasteiger partial charge on any atom is -0.141 e. The van der Waals surface area contributed by atoms with Crippen LogP contribution in [0.1, 0.15) is 0 Å². The van der Waals surface area contributed by atoms with Crippen LogP contribution in [-0.2, 0) is 0 Å². The SMILES string of the molecule is Sc1c(Br)cc(Br)c(Br)c1Br.[Na+]. The molecule has 0 aliphatic carbocycles. The van der Waals surface area contributed by atoms with E-state index in [1.165, 1.54) is 0 Å². The monoisotopic (exact) mass is 445 g/mol. The molecule has 0 fully saturated rings. The average Bonchev–Trinajstić information content (AvgIpc) is 1.97. The van der Waals surface area contributed by atoms with Gasteiger partial charge < -0.3 is 0 Å². The Morgan fingerprint density at radius 2 is 1.42 bits per heavy atom. The van der Waals surface area contributed by atoms with E-state index in [9.17, 15) is 0 Å². The Balaban J connectivity index is 0.00000121. The molecule has 0 radical (unpaired) electrons. The summed E-state index contributed by atoms with van der Waals surface area (Å²) in [6.45, 7) is 0. The number of hydrogen-bond acceptors (Lipinski definition) is 1. The molecular formula is C6H2Br4NaS+. The zero-order valence-electron chi connectivity index (χ0n) is 6.04. The quantitative estimate of drug-likeness (QED) is 0.267. The predicted molar refractivity (Wildman–Crippen MR) is 64.5 cm³/mol. The van der Waals surface area contributed by atoms with Crippen LogP contribution in [0.2, 0.25) is 0 Å². The van der Waals surface area contributed by atoms with Crippen molar-refractivity contribution in [2.75, 3.05) is 0 Å². The van der Waals surface area contributed by atoms with Crippen LogP contribution in [0.4, 0.5) is 0 Å². The molecule has 0 bridgehead atoms. The van der Waals surface area contributed by atoms with Gasteiger partial charge in [0.25, 0.3) is 0 Å². The molecule has 0 N–H and O–H groups in total. The van der Waals surface area contributed by atoms with Crippen molar-refractivity contribution in [3.8, 4) is 0 Å². The Labute approximate surface area is 132 Å². The molecule has 1 aromatic carbocycles. The molecule has 0 atom stereocenters. The van der Waals surface area contributed by atoms with E-state index in [0.29, 0.717) is 0 Å². The van der Waals surface area contributed by atoms with E-state index in [-0.39, 0.29) is 29.6 Å². The summed E-state index contributed by atoms with van der Waals surface area (Å²) in [5.41, 5.74) is 0. The maximum atomic E-state index is 4.28. The molecule has 1 rings (SSSR count). The molecule has 0 saturated heterocycles. The van der Waals surface area contributed by atoms with Crippen LogP contribution in [0.5, 0.6) is 0 Å². The van der Waals surface area contributed by atoms with Crippen LogP contribution in [0.3, 0.4) is 0 Å². The summed E-state index contributed by atoms with van der Waals surface area (Å²) >= 11 is 17.8. The van der Waals surface area contributed by atoms with Crippen molar-refractivity contribution in [1.82, 2.24) is 0 Å². The van der Waals surface area contributed by atoms with Gasteiger partial charge in [0, 0.05) is 22.8 Å². The fraction of sp³-hybridized carbons (Fsp3) is 0. The van der Waals surface area contributed by atoms with E-state index in [4.69, 9.17) is 0 Å². The number of rotatable bonds is 0. The molecule has 0 unspecified atom stereocenters. The molecule has 0 heterocycles. The Kier molecular flexibility index (Phi) is 7.43. The zero-order chi connectivity index (χ0) is 8.59. The molecule has 0 aliphatic heterocycles. The second kappa shape index (κ2) is 6.16. The summed E-state index contributed by atoms with van der Waals surface area (Å²) < 4.78 is 3.88. The number of thiol groups is 1. The van der Waals surface area contributed by atoms with Gasteiger partial charge in [-0.3, -0.25) is 0 Å². The Bertz CT molecular complexity index is 276. The standard InChI is InChI=1S/C6H2Br4S.Na/c7-2-1-3(8)6(11)5(10)4(2)9;/h1,11H;/q;+1. The zero-order valence-corrected chi connectivity index (χ0v) is 15.3. The van der Waals surface area contributed by atoms with Gasteiger partial charge in [0.1, 0.15) is 0 Å². The first-order chi connectivity index (χ1) is 5.04. The van der Waals surface area contributed by atoms with E-state index < -0.39 is 0 Å². The normalized spacial score (nSPS) is 9.42. The summed E-state index contributed by atoms with van der Waals surface area (Å²) in [4.78, 5) is 0.889. The maximum Gasteiger partial charge on any atom is 1.00 e. The molecule has 0 spiro atoms. The molecule has 0 amide bonds. The minimum atomic E-state index is 0. The number of halogens is 4. The van der Waals surface area contributed by atoms with Crippen LogP contribution in [0.25, 0.3) is 0 Å². The Hall–Kier alpha value is 2.49. The third kappa shape index (κ3) is 3.26. The van der Waals surface area contributed by atoms with Crippen molar-refractivity contribution in [1.29, 1.82) is 0 Å². The van der Waals surface area contributed by atoms with Crippen molar-refractivity contribution >= 4 is 76.3 Å². The van der Waals surface area contributed by atoms with Gasteiger partial charge in [0.15, 0.2) is 0 Å². The van der Waals surface area contributed by atoms with E-state index in [2.05, 4.69) is 76.3 Å². The van der Waals surface area contributed by atoms with E-state index in [0.717, 1.165) is 22.8 Å². The third-order valence-corrected chi connectivity index (χ3v) is 6.10. The van der Waals surface area contributed by atoms with Crippen molar-refractivity contribution in [3.63, 3.8) is 0 Å². The molecule has 1 aromatic rings. The van der Waals surface area contributed by atoms with Gasteiger partial charge in [0.05, 0.1) is 0 Å². The Morgan fingerprint density at radius 3 is 1.92 bits per heavy atom. The second-order valence-corrected chi connectivity index (χ2v) is 5.56. The van der Waals surface area contributed by atoms with Gasteiger partial charge in [-0.2, -0.15) is 0 Å². The Morgan fingerprint density at radius 1 is 0.917 bits per heavy atom. The first kappa shape index (κ1) is 14.5. The van der Waals surface area contributed by atoms with E-state index >= 15 is 0 Å². The maximum absolute atomic E-state index is 4.28. The molecule has 60 valence electrons. The first-order valence-electron chi connectivity index (χ1n) is 2.56. The smallest absolute Gasteiger partial charge is 0.141 e. The molecule has 0 nitrogen and oxygen atoms in total. The largest absolute Gasteiger partial charge is 1.00 e. The summed E-state index contributed by atoms with van der Waals surface area (Å²) in [5.74, 6) is 0. The molecule has 0 saturated carbocycles. The van der Waals surface area contributed by atoms with Gasteiger partial charge in [0.2, 0.25) is 0 Å². The van der Waals surface area contributed by atoms with Gasteiger partial charge in [-0.15, -0.1) is 12.6 Å². The topological polar surface area (TPSA) is 0 Å². The second-order valence-electron chi connectivity index (χ2n) is 1.82. The van der Waals surface area contributed by atoms with E-state index in [1.54, 1.807) is 0 Å². The third-order valence-electron chi connectivity index (χ3n) is 1.09. The van der Waals surface area contributed by atoms with Crippen LogP contribution in [0, 0.1) is 0 Å². The molecule has 0 aromatic heterocycles. The molecule has 0 aliphatic rings. The predicted octanol–water partition coefficient (Wildman–Crippen LogP) is 2.03. The first-order valence-corrected chi connectivity index (χ1v) is 6.18. The van der Waals surface area contributed by atoms with Gasteiger partial charge in [-0.1, -0.05) is 0 Å². The summed E-state index contributed by atoms with van der Waals surface area (Å²) in [6.07, 6.45) is 0. The van der Waals surface area contributed by atoms with Crippen molar-refractivity contribution in [2.45, 2.75) is 4.90 Å². The number of hydrogen-bond donors (Lipinski definition) is 1. The van der Waals surface area contributed by atoms with E-state index in [1.807, 2.05) is 6.07 Å². The van der Waals surface area contributed by atoms with Crippen LogP contribution >= 0.6 is 76.3 Å². The summed E-state index contributed by atoms with van der Waals surface area (Å²) in [6, 6.07) is 1.94. The van der Waals surface area contributed by atoms with Crippen LogP contribution < -0.4 is 29.6 Å². The molecule has 6 heteroatoms.